The molecule has 92 valence electrons. The number of anilines is 2. The van der Waals surface area contributed by atoms with E-state index in [1.807, 2.05) is 6.07 Å². The lowest BCUT2D eigenvalue weighted by molar-refractivity contribution is 0.100. The molecule has 0 bridgehead atoms. The van der Waals surface area contributed by atoms with Crippen LogP contribution in [-0.4, -0.2) is 12.5 Å². The number of amides is 1. The Labute approximate surface area is 101 Å². The van der Waals surface area contributed by atoms with E-state index in [1.165, 1.54) is 25.7 Å². The Morgan fingerprint density at radius 1 is 1.35 bits per heavy atom. The van der Waals surface area contributed by atoms with Gasteiger partial charge in [0.25, 0.3) is 5.91 Å². The molecule has 0 spiro atoms. The van der Waals surface area contributed by atoms with E-state index in [9.17, 15) is 4.79 Å². The summed E-state index contributed by atoms with van der Waals surface area (Å²) in [5.74, 6) is 0.275. The molecule has 4 heteroatoms. The molecule has 1 fully saturated rings. The minimum absolute atomic E-state index is 0.390. The maximum Gasteiger partial charge on any atom is 0.250 e. The quantitative estimate of drug-likeness (QED) is 0.695. The largest absolute Gasteiger partial charge is 0.398 e. The fourth-order valence-corrected chi connectivity index (χ4v) is 2.36. The van der Waals surface area contributed by atoms with Crippen molar-refractivity contribution in [3.63, 3.8) is 0 Å². The van der Waals surface area contributed by atoms with Crippen LogP contribution >= 0.6 is 0 Å². The number of nitrogens with two attached hydrogens (primary N) is 2. The van der Waals surface area contributed by atoms with Gasteiger partial charge in [-0.1, -0.05) is 12.8 Å². The molecule has 0 saturated heterocycles. The van der Waals surface area contributed by atoms with E-state index < -0.39 is 5.91 Å². The SMILES string of the molecule is NC(=O)c1cc(NCC2CCCC2)ccc1N. The molecule has 1 aliphatic carbocycles. The van der Waals surface area contributed by atoms with Crippen LogP contribution in [0.15, 0.2) is 18.2 Å². The zero-order valence-electron chi connectivity index (χ0n) is 9.91. The van der Waals surface area contributed by atoms with Crippen LogP contribution in [0.25, 0.3) is 0 Å². The normalized spacial score (nSPS) is 16.0. The first-order chi connectivity index (χ1) is 8.16. The summed E-state index contributed by atoms with van der Waals surface area (Å²) < 4.78 is 0. The Balaban J connectivity index is 2.00. The number of hydrogen-bond donors (Lipinski definition) is 3. The average Bonchev–Trinajstić information content (AvgIpc) is 2.80. The zero-order valence-corrected chi connectivity index (χ0v) is 9.91. The maximum atomic E-state index is 11.1. The number of nitrogens with one attached hydrogen (secondary N) is 1. The van der Waals surface area contributed by atoms with Crippen LogP contribution in [0.1, 0.15) is 36.0 Å². The van der Waals surface area contributed by atoms with Crippen LogP contribution in [0, 0.1) is 5.92 Å². The third-order valence-electron chi connectivity index (χ3n) is 3.39. The van der Waals surface area contributed by atoms with E-state index in [-0.39, 0.29) is 0 Å². The van der Waals surface area contributed by atoms with Gasteiger partial charge in [-0.15, -0.1) is 0 Å². The molecule has 1 amide bonds. The van der Waals surface area contributed by atoms with Crippen LogP contribution in [0.5, 0.6) is 0 Å². The van der Waals surface area contributed by atoms with E-state index in [0.717, 1.165) is 18.2 Å². The molecule has 1 aromatic carbocycles. The monoisotopic (exact) mass is 233 g/mol. The molecule has 0 atom stereocenters. The molecular weight excluding hydrogens is 214 g/mol. The number of carbonyl (C=O) groups excluding carboxylic acids is 1. The van der Waals surface area contributed by atoms with Gasteiger partial charge in [0.1, 0.15) is 0 Å². The van der Waals surface area contributed by atoms with Crippen molar-refractivity contribution in [2.45, 2.75) is 25.7 Å². The van der Waals surface area contributed by atoms with Crippen molar-refractivity contribution in [2.24, 2.45) is 11.7 Å². The highest BCUT2D eigenvalue weighted by atomic mass is 16.1. The molecule has 0 heterocycles. The van der Waals surface area contributed by atoms with Crippen molar-refractivity contribution in [1.82, 2.24) is 0 Å². The van der Waals surface area contributed by atoms with E-state index in [1.54, 1.807) is 12.1 Å². The van der Waals surface area contributed by atoms with Gasteiger partial charge in [-0.3, -0.25) is 4.79 Å². The second kappa shape index (κ2) is 5.08. The Morgan fingerprint density at radius 3 is 2.71 bits per heavy atom. The third kappa shape index (κ3) is 2.90. The highest BCUT2D eigenvalue weighted by Gasteiger charge is 2.14. The van der Waals surface area contributed by atoms with E-state index >= 15 is 0 Å². The summed E-state index contributed by atoms with van der Waals surface area (Å²) in [5.41, 5.74) is 12.7. The van der Waals surface area contributed by atoms with E-state index in [2.05, 4.69) is 5.32 Å². The first kappa shape index (κ1) is 11.8. The minimum atomic E-state index is -0.480. The van der Waals surface area contributed by atoms with Crippen LogP contribution < -0.4 is 16.8 Å². The fraction of sp³-hybridized carbons (Fsp3) is 0.462. The summed E-state index contributed by atoms with van der Waals surface area (Å²) >= 11 is 0. The molecule has 2 rings (SSSR count). The number of carbonyl (C=O) groups is 1. The number of benzene rings is 1. The lowest BCUT2D eigenvalue weighted by atomic mass is 10.1. The topological polar surface area (TPSA) is 81.1 Å². The molecular formula is C13H19N3O. The highest BCUT2D eigenvalue weighted by Crippen LogP contribution is 2.25. The molecule has 0 radical (unpaired) electrons. The second-order valence-electron chi connectivity index (χ2n) is 4.70. The maximum absolute atomic E-state index is 11.1. The van der Waals surface area contributed by atoms with Crippen molar-refractivity contribution in [1.29, 1.82) is 0 Å². The molecule has 1 aromatic rings. The molecule has 0 aromatic heterocycles. The summed E-state index contributed by atoms with van der Waals surface area (Å²) in [4.78, 5) is 11.1. The van der Waals surface area contributed by atoms with Gasteiger partial charge >= 0.3 is 0 Å². The molecule has 5 N–H and O–H groups in total. The van der Waals surface area contributed by atoms with Crippen LogP contribution in [-0.2, 0) is 0 Å². The summed E-state index contributed by atoms with van der Waals surface area (Å²) in [5, 5.41) is 3.35. The van der Waals surface area contributed by atoms with Crippen molar-refractivity contribution < 1.29 is 4.79 Å². The van der Waals surface area contributed by atoms with Gasteiger partial charge in [0.15, 0.2) is 0 Å². The lowest BCUT2D eigenvalue weighted by Crippen LogP contribution is -2.15. The van der Waals surface area contributed by atoms with Crippen molar-refractivity contribution in [3.8, 4) is 0 Å². The first-order valence-electron chi connectivity index (χ1n) is 6.10. The molecule has 1 saturated carbocycles. The molecule has 1 aliphatic rings. The van der Waals surface area contributed by atoms with Crippen molar-refractivity contribution in [2.75, 3.05) is 17.6 Å². The summed E-state index contributed by atoms with van der Waals surface area (Å²) in [6, 6.07) is 5.33. The van der Waals surface area contributed by atoms with E-state index in [4.69, 9.17) is 11.5 Å². The first-order valence-corrected chi connectivity index (χ1v) is 6.10. The number of nitrogen functional groups attached to an aromatic ring is 1. The Hall–Kier alpha value is -1.71. The highest BCUT2D eigenvalue weighted by molar-refractivity contribution is 5.98. The smallest absolute Gasteiger partial charge is 0.250 e. The third-order valence-corrected chi connectivity index (χ3v) is 3.39. The zero-order chi connectivity index (χ0) is 12.3. The van der Waals surface area contributed by atoms with Crippen molar-refractivity contribution in [3.05, 3.63) is 23.8 Å². The van der Waals surface area contributed by atoms with Gasteiger partial charge in [-0.2, -0.15) is 0 Å². The predicted octanol–water partition coefficient (Wildman–Crippen LogP) is 1.97. The second-order valence-corrected chi connectivity index (χ2v) is 4.70. The van der Waals surface area contributed by atoms with Crippen LogP contribution in [0.3, 0.4) is 0 Å². The average molecular weight is 233 g/mol. The molecule has 0 aliphatic heterocycles. The predicted molar refractivity (Wildman–Crippen MR) is 69.8 cm³/mol. The minimum Gasteiger partial charge on any atom is -0.398 e. The van der Waals surface area contributed by atoms with E-state index in [0.29, 0.717) is 11.3 Å². The fourth-order valence-electron chi connectivity index (χ4n) is 2.36. The molecule has 4 nitrogen and oxygen atoms in total. The number of rotatable bonds is 4. The molecule has 0 unspecified atom stereocenters. The number of primary amides is 1. The summed E-state index contributed by atoms with van der Waals surface area (Å²) in [7, 11) is 0. The van der Waals surface area contributed by atoms with Gasteiger partial charge in [0.2, 0.25) is 0 Å². The Bertz CT molecular complexity index is 411. The van der Waals surface area contributed by atoms with Gasteiger partial charge in [0, 0.05) is 17.9 Å². The summed E-state index contributed by atoms with van der Waals surface area (Å²) in [6.07, 6.45) is 5.26. The lowest BCUT2D eigenvalue weighted by Gasteiger charge is -2.13. The van der Waals surface area contributed by atoms with Gasteiger partial charge in [-0.05, 0) is 37.0 Å². The Morgan fingerprint density at radius 2 is 2.06 bits per heavy atom. The van der Waals surface area contributed by atoms with Gasteiger partial charge < -0.3 is 16.8 Å². The Kier molecular flexibility index (Phi) is 3.52. The van der Waals surface area contributed by atoms with Gasteiger partial charge in [0.05, 0.1) is 5.56 Å². The van der Waals surface area contributed by atoms with Crippen LogP contribution in [0.4, 0.5) is 11.4 Å². The van der Waals surface area contributed by atoms with Crippen LogP contribution in [0.2, 0.25) is 0 Å². The van der Waals surface area contributed by atoms with Crippen molar-refractivity contribution >= 4 is 17.3 Å². The number of hydrogen-bond acceptors (Lipinski definition) is 3. The summed E-state index contributed by atoms with van der Waals surface area (Å²) in [6.45, 7) is 0.960. The van der Waals surface area contributed by atoms with Gasteiger partial charge in [-0.25, -0.2) is 0 Å². The standard InChI is InChI=1S/C13H19N3O/c14-12-6-5-10(7-11(12)13(15)17)16-8-9-3-1-2-4-9/h5-7,9,16H,1-4,8,14H2,(H2,15,17). The molecule has 17 heavy (non-hydrogen) atoms.